The first-order valence-corrected chi connectivity index (χ1v) is 10.4. The lowest BCUT2D eigenvalue weighted by molar-refractivity contribution is -0.130. The first-order chi connectivity index (χ1) is 12.7. The minimum Gasteiger partial charge on any atom is -0.467 e. The minimum atomic E-state index is -0.141. The molecule has 0 saturated heterocycles. The van der Waals surface area contributed by atoms with Gasteiger partial charge in [-0.05, 0) is 37.5 Å². The Labute approximate surface area is 158 Å². The van der Waals surface area contributed by atoms with Crippen LogP contribution in [0, 0.1) is 6.92 Å². The normalized spacial score (nSPS) is 20.6. The number of amides is 1. The maximum Gasteiger partial charge on any atom is 0.253 e. The topological polar surface area (TPSA) is 45.8 Å². The van der Waals surface area contributed by atoms with Gasteiger partial charge in [-0.2, -0.15) is 5.10 Å². The van der Waals surface area contributed by atoms with Crippen LogP contribution >= 0.6 is 11.8 Å². The van der Waals surface area contributed by atoms with E-state index in [0.29, 0.717) is 17.4 Å². The van der Waals surface area contributed by atoms with Crippen LogP contribution in [0.2, 0.25) is 0 Å². The lowest BCUT2D eigenvalue weighted by Crippen LogP contribution is -2.29. The highest BCUT2D eigenvalue weighted by molar-refractivity contribution is 8.00. The predicted molar refractivity (Wildman–Crippen MR) is 105 cm³/mol. The van der Waals surface area contributed by atoms with Crippen molar-refractivity contribution in [1.82, 2.24) is 5.01 Å². The van der Waals surface area contributed by atoms with Crippen molar-refractivity contribution in [3.63, 3.8) is 0 Å². The van der Waals surface area contributed by atoms with E-state index in [0.717, 1.165) is 17.0 Å². The number of furan rings is 1. The van der Waals surface area contributed by atoms with Gasteiger partial charge in [-0.1, -0.05) is 42.7 Å². The number of carbonyl (C=O) groups is 1. The summed E-state index contributed by atoms with van der Waals surface area (Å²) >= 11 is 1.79. The average molecular weight is 369 g/mol. The molecule has 1 aromatic heterocycles. The molecule has 4 rings (SSSR count). The van der Waals surface area contributed by atoms with E-state index in [1.165, 1.54) is 31.2 Å². The monoisotopic (exact) mass is 368 g/mol. The highest BCUT2D eigenvalue weighted by Crippen LogP contribution is 2.35. The first-order valence-electron chi connectivity index (χ1n) is 9.32. The number of benzene rings is 1. The molecule has 1 atom stereocenters. The minimum absolute atomic E-state index is 0.0745. The Morgan fingerprint density at radius 1 is 1.23 bits per heavy atom. The maximum absolute atomic E-state index is 12.9. The highest BCUT2D eigenvalue weighted by Gasteiger charge is 2.35. The Bertz CT molecular complexity index is 777. The third kappa shape index (κ3) is 3.73. The van der Waals surface area contributed by atoms with E-state index in [9.17, 15) is 4.79 Å². The number of thioether (sulfide) groups is 1. The summed E-state index contributed by atoms with van der Waals surface area (Å²) in [5.74, 6) is 1.37. The second kappa shape index (κ2) is 7.70. The first kappa shape index (κ1) is 17.4. The van der Waals surface area contributed by atoms with Crippen LogP contribution in [0.4, 0.5) is 0 Å². The van der Waals surface area contributed by atoms with Crippen LogP contribution in [0.1, 0.15) is 55.0 Å². The summed E-state index contributed by atoms with van der Waals surface area (Å²) < 4.78 is 5.61. The molecule has 1 aliphatic heterocycles. The van der Waals surface area contributed by atoms with E-state index < -0.39 is 0 Å². The Kier molecular flexibility index (Phi) is 5.16. The summed E-state index contributed by atoms with van der Waals surface area (Å²) in [6.45, 7) is 2.07. The third-order valence-corrected chi connectivity index (χ3v) is 6.52. The zero-order chi connectivity index (χ0) is 17.9. The van der Waals surface area contributed by atoms with Crippen molar-refractivity contribution in [2.75, 3.05) is 5.75 Å². The predicted octanol–water partition coefficient (Wildman–Crippen LogP) is 4.94. The Balaban J connectivity index is 1.53. The molecule has 0 spiro atoms. The van der Waals surface area contributed by atoms with Crippen LogP contribution in [0.25, 0.3) is 0 Å². The number of rotatable bonds is 5. The molecule has 0 radical (unpaired) electrons. The van der Waals surface area contributed by atoms with Gasteiger partial charge in [0.05, 0.1) is 17.7 Å². The summed E-state index contributed by atoms with van der Waals surface area (Å²) in [6, 6.07) is 12.0. The molecule has 1 saturated carbocycles. The summed E-state index contributed by atoms with van der Waals surface area (Å²) in [7, 11) is 0. The van der Waals surface area contributed by atoms with E-state index in [2.05, 4.69) is 31.2 Å². The number of nitrogens with zero attached hydrogens (tertiary/aromatic N) is 2. The lowest BCUT2D eigenvalue weighted by Gasteiger charge is -2.20. The Morgan fingerprint density at radius 3 is 2.69 bits per heavy atom. The van der Waals surface area contributed by atoms with Crippen molar-refractivity contribution >= 4 is 23.4 Å². The molecule has 5 heteroatoms. The molecule has 4 nitrogen and oxygen atoms in total. The van der Waals surface area contributed by atoms with Gasteiger partial charge >= 0.3 is 0 Å². The molecule has 0 unspecified atom stereocenters. The van der Waals surface area contributed by atoms with Crippen molar-refractivity contribution < 1.29 is 9.21 Å². The van der Waals surface area contributed by atoms with Gasteiger partial charge in [-0.3, -0.25) is 4.79 Å². The average Bonchev–Trinajstić information content (AvgIpc) is 3.41. The van der Waals surface area contributed by atoms with Crippen molar-refractivity contribution in [3.05, 3.63) is 59.5 Å². The molecule has 136 valence electrons. The van der Waals surface area contributed by atoms with Gasteiger partial charge < -0.3 is 4.42 Å². The SMILES string of the molecule is Cc1ccc(C2=NN(C(=O)CSC3CCCC3)[C@H](c3ccco3)C2)cc1. The van der Waals surface area contributed by atoms with Crippen molar-refractivity contribution in [1.29, 1.82) is 0 Å². The van der Waals surface area contributed by atoms with Crippen LogP contribution in [0.15, 0.2) is 52.2 Å². The quantitative estimate of drug-likeness (QED) is 0.751. The largest absolute Gasteiger partial charge is 0.467 e. The molecule has 2 aliphatic rings. The zero-order valence-corrected chi connectivity index (χ0v) is 15.9. The number of hydrogen-bond acceptors (Lipinski definition) is 4. The van der Waals surface area contributed by atoms with E-state index in [1.54, 1.807) is 23.0 Å². The van der Waals surface area contributed by atoms with Gasteiger partial charge in [0.15, 0.2) is 0 Å². The fraction of sp³-hybridized carbons (Fsp3) is 0.429. The van der Waals surface area contributed by atoms with Gasteiger partial charge in [0.2, 0.25) is 0 Å². The summed E-state index contributed by atoms with van der Waals surface area (Å²) in [5.41, 5.74) is 3.24. The molecule has 1 aromatic carbocycles. The fourth-order valence-electron chi connectivity index (χ4n) is 3.67. The molecule has 26 heavy (non-hydrogen) atoms. The van der Waals surface area contributed by atoms with Crippen molar-refractivity contribution in [2.24, 2.45) is 5.10 Å². The number of aryl methyl sites for hydroxylation is 1. The summed E-state index contributed by atoms with van der Waals surface area (Å²) in [5, 5.41) is 6.98. The smallest absolute Gasteiger partial charge is 0.253 e. The maximum atomic E-state index is 12.9. The van der Waals surface area contributed by atoms with Crippen molar-refractivity contribution in [2.45, 2.75) is 50.3 Å². The molecule has 1 amide bonds. The number of hydrogen-bond donors (Lipinski definition) is 0. The van der Waals surface area contributed by atoms with Gasteiger partial charge in [-0.25, -0.2) is 5.01 Å². The summed E-state index contributed by atoms with van der Waals surface area (Å²) in [6.07, 6.45) is 7.40. The van der Waals surface area contributed by atoms with Gasteiger partial charge in [0.25, 0.3) is 5.91 Å². The van der Waals surface area contributed by atoms with Crippen LogP contribution < -0.4 is 0 Å². The van der Waals surface area contributed by atoms with E-state index >= 15 is 0 Å². The second-order valence-electron chi connectivity index (χ2n) is 7.10. The van der Waals surface area contributed by atoms with Gasteiger partial charge in [0.1, 0.15) is 11.8 Å². The lowest BCUT2D eigenvalue weighted by atomic mass is 10.0. The molecule has 2 heterocycles. The highest BCUT2D eigenvalue weighted by atomic mass is 32.2. The Hall–Kier alpha value is -2.01. The van der Waals surface area contributed by atoms with Gasteiger partial charge in [-0.15, -0.1) is 11.8 Å². The Morgan fingerprint density at radius 2 is 2.00 bits per heavy atom. The zero-order valence-electron chi connectivity index (χ0n) is 15.1. The van der Waals surface area contributed by atoms with Crippen LogP contribution in [-0.4, -0.2) is 27.6 Å². The van der Waals surface area contributed by atoms with E-state index in [4.69, 9.17) is 9.52 Å². The number of carbonyl (C=O) groups excluding carboxylic acids is 1. The van der Waals surface area contributed by atoms with Gasteiger partial charge in [0, 0.05) is 11.7 Å². The third-order valence-electron chi connectivity index (χ3n) is 5.17. The molecular weight excluding hydrogens is 344 g/mol. The standard InChI is InChI=1S/C21H24N2O2S/c1-15-8-10-16(11-9-15)18-13-19(20-7-4-12-25-20)23(22-18)21(24)14-26-17-5-2-3-6-17/h4,7-12,17,19H,2-3,5-6,13-14H2,1H3/t19-/m0/s1. The second-order valence-corrected chi connectivity index (χ2v) is 8.39. The van der Waals surface area contributed by atoms with E-state index in [1.807, 2.05) is 12.1 Å². The van der Waals surface area contributed by atoms with Crippen LogP contribution in [0.3, 0.4) is 0 Å². The summed E-state index contributed by atoms with van der Waals surface area (Å²) in [4.78, 5) is 12.9. The number of hydrazone groups is 1. The molecule has 2 aromatic rings. The molecule has 1 fully saturated rings. The van der Waals surface area contributed by atoms with Crippen molar-refractivity contribution in [3.8, 4) is 0 Å². The fourth-order valence-corrected chi connectivity index (χ4v) is 4.85. The molecule has 0 bridgehead atoms. The molecule has 0 N–H and O–H groups in total. The van der Waals surface area contributed by atoms with Crippen LogP contribution in [-0.2, 0) is 4.79 Å². The van der Waals surface area contributed by atoms with Crippen LogP contribution in [0.5, 0.6) is 0 Å². The van der Waals surface area contributed by atoms with E-state index in [-0.39, 0.29) is 11.9 Å². The molecular formula is C21H24N2O2S. The molecule has 1 aliphatic carbocycles.